The molecule has 28 heavy (non-hydrogen) atoms. The van der Waals surface area contributed by atoms with E-state index in [1.807, 2.05) is 42.3 Å². The van der Waals surface area contributed by atoms with Crippen LogP contribution in [0.4, 0.5) is 20.2 Å². The number of amides is 1. The van der Waals surface area contributed by atoms with Gasteiger partial charge in [0.25, 0.3) is 5.91 Å². The number of carbonyl (C=O) groups excluding carboxylic acids is 1. The molecule has 0 fully saturated rings. The van der Waals surface area contributed by atoms with Crippen molar-refractivity contribution in [1.82, 2.24) is 10.2 Å². The number of carbonyl (C=O) groups is 1. The lowest BCUT2D eigenvalue weighted by atomic mass is 10.1. The fraction of sp³-hybridized carbons (Fsp3) is 0.190. The van der Waals surface area contributed by atoms with Crippen LogP contribution in [0.15, 0.2) is 59.2 Å². The molecular weight excluding hydrogens is 428 g/mol. The Morgan fingerprint density at radius 2 is 2.04 bits per heavy atom. The van der Waals surface area contributed by atoms with Gasteiger partial charge in [0.1, 0.15) is 0 Å². The first kappa shape index (κ1) is 20.1. The minimum Gasteiger partial charge on any atom is -0.372 e. The molecule has 0 spiro atoms. The van der Waals surface area contributed by atoms with Crippen molar-refractivity contribution in [3.05, 3.63) is 82.0 Å². The van der Waals surface area contributed by atoms with E-state index in [4.69, 9.17) is 0 Å². The molecule has 0 bridgehead atoms. The van der Waals surface area contributed by atoms with Gasteiger partial charge < -0.3 is 15.5 Å². The molecule has 1 heterocycles. The van der Waals surface area contributed by atoms with E-state index in [2.05, 4.69) is 26.6 Å². The van der Waals surface area contributed by atoms with Gasteiger partial charge in [0, 0.05) is 29.8 Å². The molecule has 2 aromatic rings. The van der Waals surface area contributed by atoms with Crippen LogP contribution >= 0.6 is 15.9 Å². The standard InChI is InChI=1S/C21H20BrF2N3O/c1-14-13-15(22)5-8-18(14)26-20-16(6-7-17(23)19(20)24)21(28)25-9-12-27-10-3-2-4-11-27/h2-8,10,13,26H,9,11-12H2,1H3,(H,25,28). The highest BCUT2D eigenvalue weighted by Crippen LogP contribution is 2.29. The molecule has 146 valence electrons. The monoisotopic (exact) mass is 447 g/mol. The predicted octanol–water partition coefficient (Wildman–Crippen LogP) is 4.89. The fourth-order valence-electron chi connectivity index (χ4n) is 2.85. The zero-order chi connectivity index (χ0) is 20.1. The highest BCUT2D eigenvalue weighted by atomic mass is 79.9. The second-order valence-electron chi connectivity index (χ2n) is 6.39. The van der Waals surface area contributed by atoms with Gasteiger partial charge in [0.15, 0.2) is 11.6 Å². The second-order valence-corrected chi connectivity index (χ2v) is 7.30. The van der Waals surface area contributed by atoms with Gasteiger partial charge in [-0.3, -0.25) is 4.79 Å². The molecule has 0 aromatic heterocycles. The van der Waals surface area contributed by atoms with Crippen LogP contribution in [-0.2, 0) is 0 Å². The fourth-order valence-corrected chi connectivity index (χ4v) is 3.32. The molecule has 0 saturated carbocycles. The molecule has 0 aliphatic carbocycles. The van der Waals surface area contributed by atoms with Crippen LogP contribution in [0.5, 0.6) is 0 Å². The Bertz CT molecular complexity index is 943. The van der Waals surface area contributed by atoms with Crippen LogP contribution in [0.25, 0.3) is 0 Å². The smallest absolute Gasteiger partial charge is 0.253 e. The first-order chi connectivity index (χ1) is 13.5. The first-order valence-electron chi connectivity index (χ1n) is 8.82. The summed E-state index contributed by atoms with van der Waals surface area (Å²) >= 11 is 3.37. The first-order valence-corrected chi connectivity index (χ1v) is 9.62. The molecule has 2 N–H and O–H groups in total. The number of hydrogen-bond acceptors (Lipinski definition) is 3. The van der Waals surface area contributed by atoms with E-state index in [0.29, 0.717) is 18.8 Å². The number of halogens is 3. The summed E-state index contributed by atoms with van der Waals surface area (Å²) in [5.41, 5.74) is 1.29. The van der Waals surface area contributed by atoms with Crippen molar-refractivity contribution in [3.63, 3.8) is 0 Å². The molecule has 7 heteroatoms. The number of nitrogens with one attached hydrogen (secondary N) is 2. The number of hydrogen-bond donors (Lipinski definition) is 2. The Morgan fingerprint density at radius 1 is 1.21 bits per heavy atom. The highest BCUT2D eigenvalue weighted by Gasteiger charge is 2.19. The van der Waals surface area contributed by atoms with Crippen LogP contribution < -0.4 is 10.6 Å². The minimum atomic E-state index is -1.08. The maximum absolute atomic E-state index is 14.5. The molecule has 3 rings (SSSR count). The summed E-state index contributed by atoms with van der Waals surface area (Å²) in [4.78, 5) is 14.6. The molecule has 0 unspecified atom stereocenters. The van der Waals surface area contributed by atoms with E-state index in [-0.39, 0.29) is 11.3 Å². The van der Waals surface area contributed by atoms with Gasteiger partial charge in [-0.2, -0.15) is 0 Å². The average molecular weight is 448 g/mol. The molecule has 1 aliphatic heterocycles. The van der Waals surface area contributed by atoms with E-state index in [0.717, 1.165) is 22.6 Å². The molecule has 2 aromatic carbocycles. The van der Waals surface area contributed by atoms with E-state index in [1.165, 1.54) is 6.07 Å². The third-order valence-electron chi connectivity index (χ3n) is 4.36. The highest BCUT2D eigenvalue weighted by molar-refractivity contribution is 9.10. The summed E-state index contributed by atoms with van der Waals surface area (Å²) in [6.45, 7) is 3.61. The SMILES string of the molecule is Cc1cc(Br)ccc1Nc1c(C(=O)NCCN2C=CC=CC2)ccc(F)c1F. The number of allylic oxidation sites excluding steroid dienone is 2. The summed E-state index contributed by atoms with van der Waals surface area (Å²) in [7, 11) is 0. The molecule has 0 atom stereocenters. The van der Waals surface area contributed by atoms with E-state index < -0.39 is 17.5 Å². The van der Waals surface area contributed by atoms with E-state index >= 15 is 0 Å². The van der Waals surface area contributed by atoms with Crippen LogP contribution in [0.3, 0.4) is 0 Å². The van der Waals surface area contributed by atoms with Gasteiger partial charge in [-0.15, -0.1) is 0 Å². The van der Waals surface area contributed by atoms with Crippen LogP contribution in [0, 0.1) is 18.6 Å². The van der Waals surface area contributed by atoms with Crippen LogP contribution in [0.2, 0.25) is 0 Å². The van der Waals surface area contributed by atoms with Gasteiger partial charge in [0.2, 0.25) is 0 Å². The zero-order valence-electron chi connectivity index (χ0n) is 15.3. The van der Waals surface area contributed by atoms with Gasteiger partial charge in [-0.1, -0.05) is 28.1 Å². The molecule has 1 aliphatic rings. The summed E-state index contributed by atoms with van der Waals surface area (Å²) in [5, 5.41) is 5.64. The number of nitrogens with zero attached hydrogens (tertiary/aromatic N) is 1. The quantitative estimate of drug-likeness (QED) is 0.661. The van der Waals surface area contributed by atoms with Gasteiger partial charge in [-0.25, -0.2) is 8.78 Å². The second kappa shape index (κ2) is 9.01. The third kappa shape index (κ3) is 4.78. The van der Waals surface area contributed by atoms with Crippen molar-refractivity contribution >= 4 is 33.2 Å². The maximum atomic E-state index is 14.5. The molecule has 4 nitrogen and oxygen atoms in total. The van der Waals surface area contributed by atoms with Gasteiger partial charge in [-0.05, 0) is 55.1 Å². The Morgan fingerprint density at radius 3 is 2.75 bits per heavy atom. The average Bonchev–Trinajstić information content (AvgIpc) is 2.68. The normalized spacial score (nSPS) is 12.9. The minimum absolute atomic E-state index is 0.0512. The summed E-state index contributed by atoms with van der Waals surface area (Å²) < 4.78 is 29.2. The largest absolute Gasteiger partial charge is 0.372 e. The molecule has 0 radical (unpaired) electrons. The lowest BCUT2D eigenvalue weighted by molar-refractivity contribution is 0.0951. The van der Waals surface area contributed by atoms with Crippen molar-refractivity contribution in [3.8, 4) is 0 Å². The van der Waals surface area contributed by atoms with Crippen molar-refractivity contribution < 1.29 is 13.6 Å². The summed E-state index contributed by atoms with van der Waals surface area (Å²) in [6, 6.07) is 7.62. The number of rotatable bonds is 6. The van der Waals surface area contributed by atoms with Crippen molar-refractivity contribution in [2.75, 3.05) is 25.0 Å². The number of anilines is 2. The van der Waals surface area contributed by atoms with E-state index in [1.54, 1.807) is 12.1 Å². The van der Waals surface area contributed by atoms with Crippen molar-refractivity contribution in [2.24, 2.45) is 0 Å². The Labute approximate surface area is 171 Å². The van der Waals surface area contributed by atoms with Crippen LogP contribution in [0.1, 0.15) is 15.9 Å². The third-order valence-corrected chi connectivity index (χ3v) is 4.85. The molecule has 0 saturated heterocycles. The Hall–Kier alpha value is -2.67. The van der Waals surface area contributed by atoms with Crippen molar-refractivity contribution in [2.45, 2.75) is 6.92 Å². The van der Waals surface area contributed by atoms with Crippen LogP contribution in [-0.4, -0.2) is 30.4 Å². The lowest BCUT2D eigenvalue weighted by Crippen LogP contribution is -2.33. The zero-order valence-corrected chi connectivity index (χ0v) is 16.9. The molecular formula is C21H20BrF2N3O. The predicted molar refractivity (Wildman–Crippen MR) is 111 cm³/mol. The topological polar surface area (TPSA) is 44.4 Å². The Kier molecular flexibility index (Phi) is 6.46. The number of benzene rings is 2. The molecule has 1 amide bonds. The van der Waals surface area contributed by atoms with Gasteiger partial charge >= 0.3 is 0 Å². The summed E-state index contributed by atoms with van der Waals surface area (Å²) in [5.74, 6) is -2.56. The maximum Gasteiger partial charge on any atom is 0.253 e. The van der Waals surface area contributed by atoms with Crippen molar-refractivity contribution in [1.29, 1.82) is 0 Å². The van der Waals surface area contributed by atoms with E-state index in [9.17, 15) is 13.6 Å². The summed E-state index contributed by atoms with van der Waals surface area (Å²) in [6.07, 6.45) is 7.83. The Balaban J connectivity index is 1.76. The van der Waals surface area contributed by atoms with Gasteiger partial charge in [0.05, 0.1) is 11.3 Å². The number of aryl methyl sites for hydroxylation is 1. The lowest BCUT2D eigenvalue weighted by Gasteiger charge is -2.21.